The minimum absolute atomic E-state index is 0.191. The lowest BCUT2D eigenvalue weighted by molar-refractivity contribution is 0.573. The van der Waals surface area contributed by atoms with E-state index in [9.17, 15) is 8.42 Å². The summed E-state index contributed by atoms with van der Waals surface area (Å²) in [5, 5.41) is 7.53. The predicted molar refractivity (Wildman–Crippen MR) is 50.1 cm³/mol. The van der Waals surface area contributed by atoms with Crippen LogP contribution < -0.4 is 4.72 Å². The van der Waals surface area contributed by atoms with Crippen LogP contribution in [0.3, 0.4) is 0 Å². The quantitative estimate of drug-likeness (QED) is 0.510. The molecular formula is C8H12N2O2S. The van der Waals surface area contributed by atoms with Gasteiger partial charge >= 0.3 is 0 Å². The summed E-state index contributed by atoms with van der Waals surface area (Å²) in [4.78, 5) is 0. The lowest BCUT2D eigenvalue weighted by Gasteiger charge is -2.08. The first-order chi connectivity index (χ1) is 6.08. The summed E-state index contributed by atoms with van der Waals surface area (Å²) < 4.78 is 24.8. The highest BCUT2D eigenvalue weighted by Crippen LogP contribution is 2.01. The molecule has 0 saturated heterocycles. The molecule has 0 amide bonds. The predicted octanol–water partition coefficient (Wildman–Crippen LogP) is 0.231. The molecule has 0 aromatic heterocycles. The van der Waals surface area contributed by atoms with E-state index in [2.05, 4.69) is 10.6 Å². The van der Waals surface area contributed by atoms with Crippen molar-refractivity contribution in [2.45, 2.75) is 25.0 Å². The van der Waals surface area contributed by atoms with Crippen molar-refractivity contribution in [3.63, 3.8) is 0 Å². The molecule has 1 N–H and O–H groups in total. The second kappa shape index (κ2) is 5.58. The Labute approximate surface area is 79.0 Å². The van der Waals surface area contributed by atoms with Crippen LogP contribution in [0, 0.1) is 23.7 Å². The lowest BCUT2D eigenvalue weighted by atomic mass is 10.4. The third-order valence-electron chi connectivity index (χ3n) is 1.46. The molecule has 0 spiro atoms. The van der Waals surface area contributed by atoms with Crippen LogP contribution >= 0.6 is 0 Å². The smallest absolute Gasteiger partial charge is 0.213 e. The Morgan fingerprint density at radius 1 is 1.62 bits per heavy atom. The van der Waals surface area contributed by atoms with E-state index in [1.54, 1.807) is 13.0 Å². The minimum Gasteiger partial charge on any atom is -0.213 e. The van der Waals surface area contributed by atoms with Gasteiger partial charge in [-0.1, -0.05) is 6.92 Å². The zero-order valence-electron chi connectivity index (χ0n) is 7.45. The van der Waals surface area contributed by atoms with E-state index in [0.29, 0.717) is 6.42 Å². The molecule has 0 aromatic rings. The summed E-state index contributed by atoms with van der Waals surface area (Å²) in [7, 11) is -3.50. The van der Waals surface area contributed by atoms with Gasteiger partial charge in [-0.15, -0.1) is 12.3 Å². The number of rotatable bonds is 5. The van der Waals surface area contributed by atoms with Gasteiger partial charge in [0.05, 0.1) is 6.07 Å². The molecule has 0 aliphatic carbocycles. The first-order valence-electron chi connectivity index (χ1n) is 3.90. The number of nitrogens with zero attached hydrogens (tertiary/aromatic N) is 1. The maximum absolute atomic E-state index is 11.3. The molecule has 5 heteroatoms. The summed E-state index contributed by atoms with van der Waals surface area (Å²) in [6.45, 7) is 1.84. The van der Waals surface area contributed by atoms with Crippen LogP contribution in [0.25, 0.3) is 0 Å². The van der Waals surface area contributed by atoms with E-state index >= 15 is 0 Å². The molecular weight excluding hydrogens is 188 g/mol. The first kappa shape index (κ1) is 12.0. The van der Waals surface area contributed by atoms with Crippen molar-refractivity contribution >= 4 is 10.0 Å². The molecule has 0 radical (unpaired) electrons. The third kappa shape index (κ3) is 3.93. The van der Waals surface area contributed by atoms with Crippen LogP contribution in [0.2, 0.25) is 0 Å². The van der Waals surface area contributed by atoms with Crippen molar-refractivity contribution in [1.29, 1.82) is 5.26 Å². The minimum atomic E-state index is -3.50. The van der Waals surface area contributed by atoms with E-state index in [0.717, 1.165) is 0 Å². The van der Waals surface area contributed by atoms with E-state index in [4.69, 9.17) is 11.7 Å². The number of hydrogen-bond acceptors (Lipinski definition) is 3. The number of nitriles is 1. The number of terminal acetylenes is 1. The largest absolute Gasteiger partial charge is 0.227 e. The molecule has 0 aliphatic rings. The fourth-order valence-electron chi connectivity index (χ4n) is 0.746. The van der Waals surface area contributed by atoms with Crippen molar-refractivity contribution in [3.8, 4) is 18.4 Å². The van der Waals surface area contributed by atoms with Gasteiger partial charge in [-0.25, -0.2) is 13.1 Å². The Morgan fingerprint density at radius 2 is 2.23 bits per heavy atom. The van der Waals surface area contributed by atoms with Crippen molar-refractivity contribution < 1.29 is 8.42 Å². The topological polar surface area (TPSA) is 70.0 Å². The zero-order chi connectivity index (χ0) is 10.3. The highest BCUT2D eigenvalue weighted by atomic mass is 32.2. The van der Waals surface area contributed by atoms with Crippen molar-refractivity contribution in [2.75, 3.05) is 6.54 Å². The van der Waals surface area contributed by atoms with E-state index in [1.807, 2.05) is 0 Å². The van der Waals surface area contributed by atoms with Gasteiger partial charge < -0.3 is 0 Å². The Hall–Kier alpha value is -1.04. The lowest BCUT2D eigenvalue weighted by Crippen LogP contribution is -2.33. The number of nitrogens with one attached hydrogen (secondary N) is 1. The summed E-state index contributed by atoms with van der Waals surface area (Å²) in [5.74, 6) is 2.31. The van der Waals surface area contributed by atoms with Gasteiger partial charge in [-0.05, 0) is 6.42 Å². The van der Waals surface area contributed by atoms with Crippen LogP contribution in [0.4, 0.5) is 0 Å². The Bertz CT molecular complexity index is 321. The van der Waals surface area contributed by atoms with Gasteiger partial charge in [0.2, 0.25) is 10.0 Å². The van der Waals surface area contributed by atoms with E-state index < -0.39 is 15.3 Å². The maximum Gasteiger partial charge on any atom is 0.227 e. The fourth-order valence-corrected chi connectivity index (χ4v) is 1.91. The van der Waals surface area contributed by atoms with Crippen LogP contribution in [0.5, 0.6) is 0 Å². The molecule has 72 valence electrons. The maximum atomic E-state index is 11.3. The standard InChI is InChI=1S/C8H12N2O2S/c1-3-5-6-10-13(11,12)8(4-2)7-9/h1,8,10H,4-6H2,2H3. The molecule has 1 atom stereocenters. The van der Waals surface area contributed by atoms with Crippen LogP contribution in [0.15, 0.2) is 0 Å². The van der Waals surface area contributed by atoms with Gasteiger partial charge in [0.15, 0.2) is 5.25 Å². The van der Waals surface area contributed by atoms with Crippen molar-refractivity contribution in [1.82, 2.24) is 4.72 Å². The Kier molecular flexibility index (Phi) is 5.13. The SMILES string of the molecule is C#CCCNS(=O)(=O)C(C#N)CC. The molecule has 0 aromatic carbocycles. The summed E-state index contributed by atoms with van der Waals surface area (Å²) in [6.07, 6.45) is 5.56. The molecule has 0 heterocycles. The molecule has 13 heavy (non-hydrogen) atoms. The molecule has 0 fully saturated rings. The van der Waals surface area contributed by atoms with Crippen molar-refractivity contribution in [3.05, 3.63) is 0 Å². The average molecular weight is 200 g/mol. The van der Waals surface area contributed by atoms with Gasteiger partial charge in [0.1, 0.15) is 0 Å². The first-order valence-corrected chi connectivity index (χ1v) is 5.44. The van der Waals surface area contributed by atoms with E-state index in [1.165, 1.54) is 0 Å². The monoisotopic (exact) mass is 200 g/mol. The molecule has 0 saturated carbocycles. The van der Waals surface area contributed by atoms with E-state index in [-0.39, 0.29) is 13.0 Å². The number of hydrogen-bond donors (Lipinski definition) is 1. The third-order valence-corrected chi connectivity index (χ3v) is 3.26. The Morgan fingerprint density at radius 3 is 2.62 bits per heavy atom. The summed E-state index contributed by atoms with van der Waals surface area (Å²) in [5.41, 5.74) is 0. The summed E-state index contributed by atoms with van der Waals surface area (Å²) >= 11 is 0. The van der Waals surface area contributed by atoms with Crippen LogP contribution in [-0.4, -0.2) is 20.2 Å². The number of sulfonamides is 1. The van der Waals surface area contributed by atoms with Gasteiger partial charge in [0, 0.05) is 13.0 Å². The second-order valence-electron chi connectivity index (χ2n) is 2.42. The van der Waals surface area contributed by atoms with Crippen LogP contribution in [-0.2, 0) is 10.0 Å². The molecule has 4 nitrogen and oxygen atoms in total. The molecule has 0 rings (SSSR count). The van der Waals surface area contributed by atoms with Crippen molar-refractivity contribution in [2.24, 2.45) is 0 Å². The second-order valence-corrected chi connectivity index (χ2v) is 4.37. The fraction of sp³-hybridized carbons (Fsp3) is 0.625. The normalized spacial score (nSPS) is 12.8. The molecule has 0 aliphatic heterocycles. The van der Waals surface area contributed by atoms with Gasteiger partial charge in [0.25, 0.3) is 0 Å². The van der Waals surface area contributed by atoms with Gasteiger partial charge in [-0.3, -0.25) is 0 Å². The van der Waals surface area contributed by atoms with Gasteiger partial charge in [-0.2, -0.15) is 5.26 Å². The highest BCUT2D eigenvalue weighted by Gasteiger charge is 2.21. The van der Waals surface area contributed by atoms with Crippen LogP contribution in [0.1, 0.15) is 19.8 Å². The molecule has 0 bridgehead atoms. The highest BCUT2D eigenvalue weighted by molar-refractivity contribution is 7.90. The Balaban J connectivity index is 4.26. The zero-order valence-corrected chi connectivity index (χ0v) is 8.26. The average Bonchev–Trinajstić information content (AvgIpc) is 2.06. The summed E-state index contributed by atoms with van der Waals surface area (Å²) in [6, 6.07) is 1.72. The molecule has 1 unspecified atom stereocenters.